The molecule has 2 atom stereocenters. The van der Waals surface area contributed by atoms with E-state index in [-0.39, 0.29) is 36.2 Å². The number of amides is 2. The lowest BCUT2D eigenvalue weighted by atomic mass is 9.69. The smallest absolute Gasteiger partial charge is 0.305 e. The van der Waals surface area contributed by atoms with Gasteiger partial charge >= 0.3 is 5.97 Å². The Hall–Kier alpha value is -3.39. The lowest BCUT2D eigenvalue weighted by Crippen LogP contribution is -2.56. The van der Waals surface area contributed by atoms with Crippen molar-refractivity contribution in [1.29, 1.82) is 0 Å². The van der Waals surface area contributed by atoms with E-state index in [4.69, 9.17) is 28.3 Å². The number of carbonyl (C=O) groups excluding carboxylic acids is 2. The molecule has 1 aliphatic heterocycles. The quantitative estimate of drug-likeness (QED) is 0.186. The Bertz CT molecular complexity index is 1590. The van der Waals surface area contributed by atoms with Crippen LogP contribution in [0.2, 0.25) is 10.0 Å². The van der Waals surface area contributed by atoms with Crippen LogP contribution in [-0.4, -0.2) is 40.0 Å². The number of rotatable bonds is 11. The molecule has 2 amide bonds. The van der Waals surface area contributed by atoms with Gasteiger partial charge in [0.1, 0.15) is 6.04 Å². The molecule has 1 saturated heterocycles. The standard InChI is InChI=1S/C39H47Cl2N3O4/c1-5-6-7-33(26-10-14-28(15-11-26)36(47)42-21-18-34(45)46)44-37(48)35(43-39(44)19-16-30(17-20-39)38(2,3)4)27-12-8-25(9-13-27)29-22-31(40)24-32(41)23-29/h8-15,22-24,30,33,35,43H,5-7,16-21H2,1-4H3,(H,42,47)(H,45,46). The number of hydrogen-bond acceptors (Lipinski definition) is 4. The maximum Gasteiger partial charge on any atom is 0.305 e. The first-order chi connectivity index (χ1) is 22.8. The Kier molecular flexibility index (Phi) is 11.2. The number of hydrogen-bond donors (Lipinski definition) is 3. The minimum Gasteiger partial charge on any atom is -0.481 e. The summed E-state index contributed by atoms with van der Waals surface area (Å²) in [5.74, 6) is -0.636. The minimum absolute atomic E-state index is 0.0658. The van der Waals surface area contributed by atoms with Gasteiger partial charge < -0.3 is 15.3 Å². The number of halogens is 2. The Morgan fingerprint density at radius 2 is 1.60 bits per heavy atom. The summed E-state index contributed by atoms with van der Waals surface area (Å²) in [4.78, 5) is 40.5. The summed E-state index contributed by atoms with van der Waals surface area (Å²) >= 11 is 12.6. The van der Waals surface area contributed by atoms with Gasteiger partial charge in [0, 0.05) is 22.2 Å². The number of nitrogens with one attached hydrogen (secondary N) is 2. The van der Waals surface area contributed by atoms with E-state index in [0.29, 0.717) is 21.5 Å². The summed E-state index contributed by atoms with van der Waals surface area (Å²) < 4.78 is 0. The second kappa shape index (κ2) is 15.0. The minimum atomic E-state index is -0.959. The van der Waals surface area contributed by atoms with Crippen LogP contribution in [0.1, 0.15) is 113 Å². The van der Waals surface area contributed by atoms with Crippen molar-refractivity contribution in [2.24, 2.45) is 11.3 Å². The van der Waals surface area contributed by atoms with Gasteiger partial charge in [-0.1, -0.05) is 100 Å². The van der Waals surface area contributed by atoms with Crippen molar-refractivity contribution in [2.75, 3.05) is 6.54 Å². The molecule has 1 spiro atoms. The van der Waals surface area contributed by atoms with E-state index in [1.54, 1.807) is 18.2 Å². The van der Waals surface area contributed by atoms with Crippen LogP contribution in [0.3, 0.4) is 0 Å². The Morgan fingerprint density at radius 1 is 0.979 bits per heavy atom. The van der Waals surface area contributed by atoms with Crippen LogP contribution in [0.5, 0.6) is 0 Å². The topological polar surface area (TPSA) is 98.7 Å². The summed E-state index contributed by atoms with van der Waals surface area (Å²) in [6.45, 7) is 9.15. The molecule has 2 aliphatic rings. The molecule has 3 aromatic rings. The third-order valence-electron chi connectivity index (χ3n) is 10.2. The van der Waals surface area contributed by atoms with Crippen LogP contribution in [0, 0.1) is 11.3 Å². The van der Waals surface area contributed by atoms with E-state index in [1.165, 1.54) is 0 Å². The van der Waals surface area contributed by atoms with E-state index >= 15 is 0 Å². The largest absolute Gasteiger partial charge is 0.481 e. The molecular formula is C39H47Cl2N3O4. The van der Waals surface area contributed by atoms with Gasteiger partial charge in [0.25, 0.3) is 5.91 Å². The van der Waals surface area contributed by atoms with Crippen molar-refractivity contribution in [2.45, 2.75) is 96.8 Å². The number of unbranched alkanes of at least 4 members (excludes halogenated alkanes) is 1. The molecule has 5 rings (SSSR count). The number of aliphatic carboxylic acids is 1. The molecule has 7 nitrogen and oxygen atoms in total. The average Bonchev–Trinajstić information content (AvgIpc) is 3.31. The zero-order valence-corrected chi connectivity index (χ0v) is 29.8. The molecule has 2 unspecified atom stereocenters. The molecule has 1 heterocycles. The highest BCUT2D eigenvalue weighted by molar-refractivity contribution is 6.35. The van der Waals surface area contributed by atoms with Crippen molar-refractivity contribution in [1.82, 2.24) is 15.5 Å². The van der Waals surface area contributed by atoms with Crippen LogP contribution in [-0.2, 0) is 9.59 Å². The fraction of sp³-hybridized carbons (Fsp3) is 0.462. The molecule has 1 saturated carbocycles. The van der Waals surface area contributed by atoms with E-state index in [9.17, 15) is 14.4 Å². The van der Waals surface area contributed by atoms with Gasteiger partial charge in [0.05, 0.1) is 18.1 Å². The first kappa shape index (κ1) is 35.9. The number of benzene rings is 3. The van der Waals surface area contributed by atoms with Gasteiger partial charge in [-0.3, -0.25) is 19.7 Å². The second-order valence-electron chi connectivity index (χ2n) is 14.4. The van der Waals surface area contributed by atoms with E-state index in [0.717, 1.165) is 67.2 Å². The van der Waals surface area contributed by atoms with Gasteiger partial charge in [-0.15, -0.1) is 0 Å². The van der Waals surface area contributed by atoms with Crippen molar-refractivity contribution in [3.8, 4) is 11.1 Å². The normalized spacial score (nSPS) is 21.8. The zero-order valence-electron chi connectivity index (χ0n) is 28.3. The molecule has 9 heteroatoms. The summed E-state index contributed by atoms with van der Waals surface area (Å²) in [5, 5.41) is 16.6. The van der Waals surface area contributed by atoms with E-state index in [2.05, 4.69) is 43.2 Å². The number of carbonyl (C=O) groups is 3. The fourth-order valence-corrected chi connectivity index (χ4v) is 7.97. The van der Waals surface area contributed by atoms with Crippen LogP contribution < -0.4 is 10.6 Å². The van der Waals surface area contributed by atoms with Crippen molar-refractivity contribution in [3.63, 3.8) is 0 Å². The molecule has 0 radical (unpaired) electrons. The van der Waals surface area contributed by atoms with Gasteiger partial charge in [-0.25, -0.2) is 0 Å². The monoisotopic (exact) mass is 691 g/mol. The van der Waals surface area contributed by atoms with Crippen molar-refractivity contribution < 1.29 is 19.5 Å². The van der Waals surface area contributed by atoms with Crippen molar-refractivity contribution >= 4 is 41.0 Å². The first-order valence-electron chi connectivity index (χ1n) is 17.1. The number of carboxylic acids is 1. The average molecular weight is 693 g/mol. The highest BCUT2D eigenvalue weighted by Gasteiger charge is 2.55. The molecule has 48 heavy (non-hydrogen) atoms. The van der Waals surface area contributed by atoms with Gasteiger partial charge in [-0.2, -0.15) is 0 Å². The maximum atomic E-state index is 14.7. The molecular weight excluding hydrogens is 645 g/mol. The van der Waals surface area contributed by atoms with Crippen LogP contribution in [0.15, 0.2) is 66.7 Å². The van der Waals surface area contributed by atoms with Gasteiger partial charge in [0.2, 0.25) is 5.91 Å². The Balaban J connectivity index is 1.47. The number of nitrogens with zero attached hydrogens (tertiary/aromatic N) is 1. The molecule has 1 aliphatic carbocycles. The third-order valence-corrected chi connectivity index (χ3v) is 10.6. The predicted octanol–water partition coefficient (Wildman–Crippen LogP) is 9.20. The lowest BCUT2D eigenvalue weighted by molar-refractivity contribution is -0.138. The van der Waals surface area contributed by atoms with E-state index < -0.39 is 17.7 Å². The van der Waals surface area contributed by atoms with Crippen LogP contribution in [0.25, 0.3) is 11.1 Å². The van der Waals surface area contributed by atoms with Gasteiger partial charge in [-0.05, 0) is 96.0 Å². The van der Waals surface area contributed by atoms with E-state index in [1.807, 2.05) is 48.5 Å². The summed E-state index contributed by atoms with van der Waals surface area (Å²) in [7, 11) is 0. The van der Waals surface area contributed by atoms with Crippen molar-refractivity contribution in [3.05, 3.63) is 93.5 Å². The molecule has 3 N–H and O–H groups in total. The summed E-state index contributed by atoms with van der Waals surface area (Å²) in [5.41, 5.74) is 3.96. The Labute approximate surface area is 294 Å². The lowest BCUT2D eigenvalue weighted by Gasteiger charge is -2.49. The molecule has 0 aromatic heterocycles. The predicted molar refractivity (Wildman–Crippen MR) is 192 cm³/mol. The first-order valence-corrected chi connectivity index (χ1v) is 17.8. The summed E-state index contributed by atoms with van der Waals surface area (Å²) in [6.07, 6.45) is 6.39. The maximum absolute atomic E-state index is 14.7. The molecule has 3 aromatic carbocycles. The molecule has 0 bridgehead atoms. The highest BCUT2D eigenvalue weighted by Crippen LogP contribution is 2.50. The third kappa shape index (κ3) is 8.07. The molecule has 2 fully saturated rings. The second-order valence-corrected chi connectivity index (χ2v) is 15.3. The SMILES string of the molecule is CCCCC(c1ccc(C(=O)NCCC(=O)O)cc1)N1C(=O)C(c2ccc(-c3cc(Cl)cc(Cl)c3)cc2)NC12CCC(C(C)(C)C)CC2. The zero-order chi connectivity index (χ0) is 34.6. The number of carboxylic acid groups (broad SMARTS) is 1. The van der Waals surface area contributed by atoms with Gasteiger partial charge in [0.15, 0.2) is 0 Å². The highest BCUT2D eigenvalue weighted by atomic mass is 35.5. The fourth-order valence-electron chi connectivity index (χ4n) is 7.45. The Morgan fingerprint density at radius 3 is 2.17 bits per heavy atom. The van der Waals surface area contributed by atoms with Crippen LogP contribution in [0.4, 0.5) is 0 Å². The summed E-state index contributed by atoms with van der Waals surface area (Å²) in [6, 6.07) is 20.4. The van der Waals surface area contributed by atoms with Crippen LogP contribution >= 0.6 is 23.2 Å². The molecule has 256 valence electrons.